The maximum atomic E-state index is 12.6. The van der Waals surface area contributed by atoms with Gasteiger partial charge in [0.25, 0.3) is 5.91 Å². The van der Waals surface area contributed by atoms with Gasteiger partial charge in [-0.3, -0.25) is 4.79 Å². The second-order valence-corrected chi connectivity index (χ2v) is 10.5. The van der Waals surface area contributed by atoms with Gasteiger partial charge in [0, 0.05) is 30.1 Å². The normalized spacial score (nSPS) is 14.3. The minimum atomic E-state index is -0.223. The number of para-hydroxylation sites is 1. The molecule has 0 aliphatic carbocycles. The van der Waals surface area contributed by atoms with E-state index >= 15 is 0 Å². The van der Waals surface area contributed by atoms with Gasteiger partial charge in [0.1, 0.15) is 0 Å². The van der Waals surface area contributed by atoms with Crippen LogP contribution >= 0.6 is 23.1 Å². The van der Waals surface area contributed by atoms with Crippen molar-refractivity contribution in [2.75, 3.05) is 31.2 Å². The molecule has 5 rings (SSSR count). The minimum Gasteiger partial charge on any atom is -0.378 e. The fourth-order valence-corrected chi connectivity index (χ4v) is 5.83. The first kappa shape index (κ1) is 23.5. The SMILES string of the molecule is CC(=NNC(=O)c1ccc(CSc2nc3ccccc3s2)cc1)c1ccc(N2CCOCC2)cc1. The highest BCUT2D eigenvalue weighted by molar-refractivity contribution is 8.00. The summed E-state index contributed by atoms with van der Waals surface area (Å²) in [6.45, 7) is 5.23. The molecule has 0 spiro atoms. The molecule has 1 aliphatic rings. The van der Waals surface area contributed by atoms with Crippen LogP contribution in [0.4, 0.5) is 5.69 Å². The maximum absolute atomic E-state index is 12.6. The van der Waals surface area contributed by atoms with E-state index in [2.05, 4.69) is 38.6 Å². The minimum absolute atomic E-state index is 0.223. The van der Waals surface area contributed by atoms with Crippen molar-refractivity contribution in [3.63, 3.8) is 0 Å². The number of amides is 1. The van der Waals surface area contributed by atoms with Crippen molar-refractivity contribution in [3.8, 4) is 0 Å². The van der Waals surface area contributed by atoms with E-state index in [1.54, 1.807) is 23.1 Å². The highest BCUT2D eigenvalue weighted by Crippen LogP contribution is 2.31. The lowest BCUT2D eigenvalue weighted by molar-refractivity contribution is 0.0955. The van der Waals surface area contributed by atoms with Crippen LogP contribution in [0.1, 0.15) is 28.4 Å². The molecule has 1 saturated heterocycles. The maximum Gasteiger partial charge on any atom is 0.271 e. The van der Waals surface area contributed by atoms with Crippen LogP contribution < -0.4 is 10.3 Å². The van der Waals surface area contributed by atoms with Gasteiger partial charge in [0.15, 0.2) is 4.34 Å². The molecule has 8 heteroatoms. The number of nitrogens with zero attached hydrogens (tertiary/aromatic N) is 3. The summed E-state index contributed by atoms with van der Waals surface area (Å²) in [5.41, 5.74) is 8.35. The lowest BCUT2D eigenvalue weighted by atomic mass is 10.1. The number of anilines is 1. The predicted molar refractivity (Wildman–Crippen MR) is 145 cm³/mol. The number of benzene rings is 3. The molecule has 0 saturated carbocycles. The number of hydrazone groups is 1. The third-order valence-electron chi connectivity index (χ3n) is 5.84. The fraction of sp³-hybridized carbons (Fsp3) is 0.222. The molecule has 1 fully saturated rings. The van der Waals surface area contributed by atoms with E-state index in [-0.39, 0.29) is 5.91 Å². The Bertz CT molecular complexity index is 1290. The number of thioether (sulfide) groups is 1. The second kappa shape index (κ2) is 11.0. The van der Waals surface area contributed by atoms with Crippen LogP contribution in [0.25, 0.3) is 10.2 Å². The Balaban J connectivity index is 1.15. The Labute approximate surface area is 213 Å². The van der Waals surface area contributed by atoms with Gasteiger partial charge in [-0.2, -0.15) is 5.10 Å². The summed E-state index contributed by atoms with van der Waals surface area (Å²) in [4.78, 5) is 19.6. The molecule has 1 aliphatic heterocycles. The number of carbonyl (C=O) groups is 1. The van der Waals surface area contributed by atoms with Crippen LogP contribution in [0.2, 0.25) is 0 Å². The Morgan fingerprint density at radius 3 is 2.49 bits per heavy atom. The third-order valence-corrected chi connectivity index (χ3v) is 8.09. The number of nitrogens with one attached hydrogen (secondary N) is 1. The average Bonchev–Trinajstić information content (AvgIpc) is 3.34. The van der Waals surface area contributed by atoms with Crippen molar-refractivity contribution in [2.45, 2.75) is 17.0 Å². The van der Waals surface area contributed by atoms with Gasteiger partial charge >= 0.3 is 0 Å². The van der Waals surface area contributed by atoms with Crippen LogP contribution in [0.3, 0.4) is 0 Å². The van der Waals surface area contributed by atoms with Crippen molar-refractivity contribution in [1.29, 1.82) is 0 Å². The van der Waals surface area contributed by atoms with Gasteiger partial charge in [0.2, 0.25) is 0 Å². The summed E-state index contributed by atoms with van der Waals surface area (Å²) in [5, 5.41) is 4.30. The van der Waals surface area contributed by atoms with Crippen LogP contribution in [-0.2, 0) is 10.5 Å². The van der Waals surface area contributed by atoms with Crippen LogP contribution in [0.5, 0.6) is 0 Å². The molecule has 0 unspecified atom stereocenters. The standard InChI is InChI=1S/C27H26N4O2S2/c1-19(21-10-12-23(13-11-21)31-14-16-33-17-15-31)29-30-26(32)22-8-6-20(7-9-22)18-34-27-28-24-4-2-3-5-25(24)35-27/h2-13H,14-18H2,1H3,(H,30,32). The first-order valence-electron chi connectivity index (χ1n) is 11.5. The lowest BCUT2D eigenvalue weighted by Gasteiger charge is -2.28. The number of fused-ring (bicyclic) bond motifs is 1. The molecule has 0 atom stereocenters. The summed E-state index contributed by atoms with van der Waals surface area (Å²) in [7, 11) is 0. The van der Waals surface area contributed by atoms with Gasteiger partial charge in [0.05, 0.1) is 29.1 Å². The van der Waals surface area contributed by atoms with Crippen LogP contribution in [0, 0.1) is 0 Å². The van der Waals surface area contributed by atoms with E-state index in [0.29, 0.717) is 5.56 Å². The summed E-state index contributed by atoms with van der Waals surface area (Å²) >= 11 is 3.42. The van der Waals surface area contributed by atoms with E-state index in [9.17, 15) is 4.79 Å². The summed E-state index contributed by atoms with van der Waals surface area (Å²) in [5.74, 6) is 0.582. The largest absolute Gasteiger partial charge is 0.378 e. The van der Waals surface area contributed by atoms with Gasteiger partial charge in [-0.15, -0.1) is 11.3 Å². The number of carbonyl (C=O) groups excluding carboxylic acids is 1. The van der Waals surface area contributed by atoms with Crippen LogP contribution in [0.15, 0.2) is 82.2 Å². The lowest BCUT2D eigenvalue weighted by Crippen LogP contribution is -2.36. The number of morpholine rings is 1. The summed E-state index contributed by atoms with van der Waals surface area (Å²) in [6, 6.07) is 24.1. The Morgan fingerprint density at radius 2 is 1.74 bits per heavy atom. The Kier molecular flexibility index (Phi) is 7.42. The van der Waals surface area contributed by atoms with Crippen molar-refractivity contribution in [1.82, 2.24) is 10.4 Å². The van der Waals surface area contributed by atoms with Crippen molar-refractivity contribution in [2.24, 2.45) is 5.10 Å². The molecule has 0 radical (unpaired) electrons. The molecule has 2 heterocycles. The van der Waals surface area contributed by atoms with E-state index in [1.807, 2.05) is 61.5 Å². The van der Waals surface area contributed by atoms with Gasteiger partial charge in [-0.05, 0) is 54.4 Å². The smallest absolute Gasteiger partial charge is 0.271 e. The molecule has 35 heavy (non-hydrogen) atoms. The molecule has 1 N–H and O–H groups in total. The number of ether oxygens (including phenoxy) is 1. The van der Waals surface area contributed by atoms with E-state index in [1.165, 1.54) is 10.4 Å². The zero-order valence-electron chi connectivity index (χ0n) is 19.4. The summed E-state index contributed by atoms with van der Waals surface area (Å²) in [6.07, 6.45) is 0. The molecule has 1 amide bonds. The van der Waals surface area contributed by atoms with E-state index < -0.39 is 0 Å². The number of hydrogen-bond acceptors (Lipinski definition) is 7. The molecular formula is C27H26N4O2S2. The Morgan fingerprint density at radius 1 is 1.03 bits per heavy atom. The second-order valence-electron chi connectivity index (χ2n) is 8.22. The molecule has 178 valence electrons. The van der Waals surface area contributed by atoms with Gasteiger partial charge in [-0.25, -0.2) is 10.4 Å². The fourth-order valence-electron chi connectivity index (χ4n) is 3.81. The zero-order valence-corrected chi connectivity index (χ0v) is 21.1. The van der Waals surface area contributed by atoms with Crippen molar-refractivity contribution < 1.29 is 9.53 Å². The average molecular weight is 503 g/mol. The number of aromatic nitrogens is 1. The molecule has 0 bridgehead atoms. The first-order chi connectivity index (χ1) is 17.2. The topological polar surface area (TPSA) is 66.8 Å². The summed E-state index contributed by atoms with van der Waals surface area (Å²) < 4.78 is 7.67. The zero-order chi connectivity index (χ0) is 24.0. The third kappa shape index (κ3) is 5.90. The van der Waals surface area contributed by atoms with Gasteiger partial charge in [-0.1, -0.05) is 48.2 Å². The van der Waals surface area contributed by atoms with Crippen molar-refractivity contribution in [3.05, 3.63) is 89.5 Å². The monoisotopic (exact) mass is 502 g/mol. The number of thiazole rings is 1. The predicted octanol–water partition coefficient (Wildman–Crippen LogP) is 5.58. The van der Waals surface area contributed by atoms with Crippen LogP contribution in [-0.4, -0.2) is 42.9 Å². The number of rotatable bonds is 7. The van der Waals surface area contributed by atoms with Gasteiger partial charge < -0.3 is 9.64 Å². The first-order valence-corrected chi connectivity index (χ1v) is 13.3. The molecule has 1 aromatic heterocycles. The highest BCUT2D eigenvalue weighted by Gasteiger charge is 2.11. The molecule has 4 aromatic rings. The molecule has 3 aromatic carbocycles. The van der Waals surface area contributed by atoms with E-state index in [0.717, 1.165) is 58.8 Å². The molecule has 6 nitrogen and oxygen atoms in total. The highest BCUT2D eigenvalue weighted by atomic mass is 32.2. The Hall–Kier alpha value is -3.20. The quantitative estimate of drug-likeness (QED) is 0.203. The number of hydrogen-bond donors (Lipinski definition) is 1. The molecular weight excluding hydrogens is 476 g/mol. The van der Waals surface area contributed by atoms with E-state index in [4.69, 9.17) is 4.74 Å². The van der Waals surface area contributed by atoms with Crippen molar-refractivity contribution >= 4 is 50.6 Å².